The molecule has 0 atom stereocenters. The lowest BCUT2D eigenvalue weighted by atomic mass is 10.1. The number of aryl methyl sites for hydroxylation is 1. The second-order valence-electron chi connectivity index (χ2n) is 3.81. The second-order valence-corrected chi connectivity index (χ2v) is 3.81. The average Bonchev–Trinajstić information content (AvgIpc) is 2.63. The van der Waals surface area contributed by atoms with Crippen molar-refractivity contribution in [3.8, 4) is 0 Å². The lowest BCUT2D eigenvalue weighted by Gasteiger charge is -2.00. The van der Waals surface area contributed by atoms with Crippen LogP contribution in [0.1, 0.15) is 16.1 Å². The number of ether oxygens (including phenoxy) is 1. The number of hydrogen-bond acceptors (Lipinski definition) is 3. The third-order valence-electron chi connectivity index (χ3n) is 2.92. The summed E-state index contributed by atoms with van der Waals surface area (Å²) in [6.45, 7) is 0. The number of aromatic nitrogens is 1. The van der Waals surface area contributed by atoms with Crippen molar-refractivity contribution in [1.82, 2.24) is 4.57 Å². The van der Waals surface area contributed by atoms with Crippen LogP contribution in [0.15, 0.2) is 24.3 Å². The van der Waals surface area contributed by atoms with E-state index in [4.69, 9.17) is 0 Å². The molecule has 2 aromatic rings. The third kappa shape index (κ3) is 1.82. The zero-order valence-corrected chi connectivity index (χ0v) is 9.77. The Hall–Kier alpha value is -2.10. The molecular formula is C13H13NO3. The molecule has 0 radical (unpaired) electrons. The number of esters is 1. The molecule has 1 heterocycles. The minimum atomic E-state index is -0.343. The van der Waals surface area contributed by atoms with E-state index in [-0.39, 0.29) is 12.4 Å². The van der Waals surface area contributed by atoms with Gasteiger partial charge in [-0.05, 0) is 11.6 Å². The molecule has 0 fully saturated rings. The van der Waals surface area contributed by atoms with Gasteiger partial charge in [-0.3, -0.25) is 9.59 Å². The first-order chi connectivity index (χ1) is 8.19. The number of carbonyl (C=O) groups excluding carboxylic acids is 2. The third-order valence-corrected chi connectivity index (χ3v) is 2.92. The monoisotopic (exact) mass is 231 g/mol. The summed E-state index contributed by atoms with van der Waals surface area (Å²) in [6, 6.07) is 7.61. The van der Waals surface area contributed by atoms with Crippen molar-refractivity contribution in [2.24, 2.45) is 7.05 Å². The molecule has 0 aliphatic rings. The van der Waals surface area contributed by atoms with Gasteiger partial charge >= 0.3 is 5.97 Å². The van der Waals surface area contributed by atoms with Gasteiger partial charge in [-0.1, -0.05) is 18.2 Å². The molecule has 1 aromatic heterocycles. The van der Waals surface area contributed by atoms with Crippen LogP contribution in [-0.4, -0.2) is 23.9 Å². The van der Waals surface area contributed by atoms with Gasteiger partial charge < -0.3 is 9.30 Å². The first-order valence-corrected chi connectivity index (χ1v) is 5.27. The molecule has 2 rings (SSSR count). The predicted octanol–water partition coefficient (Wildman–Crippen LogP) is 1.71. The molecule has 0 spiro atoms. The number of nitrogens with zero attached hydrogens (tertiary/aromatic N) is 1. The van der Waals surface area contributed by atoms with E-state index < -0.39 is 0 Å². The maximum atomic E-state index is 11.4. The number of carbonyl (C=O) groups is 2. The molecule has 4 heteroatoms. The van der Waals surface area contributed by atoms with Crippen LogP contribution in [-0.2, 0) is 23.0 Å². The Bertz CT molecular complexity index is 584. The van der Waals surface area contributed by atoms with Gasteiger partial charge in [0.05, 0.1) is 19.2 Å². The number of para-hydroxylation sites is 1. The highest BCUT2D eigenvalue weighted by atomic mass is 16.5. The van der Waals surface area contributed by atoms with E-state index in [2.05, 4.69) is 4.74 Å². The summed E-state index contributed by atoms with van der Waals surface area (Å²) in [5, 5.41) is 0.919. The maximum Gasteiger partial charge on any atom is 0.310 e. The molecule has 4 nitrogen and oxygen atoms in total. The molecule has 88 valence electrons. The topological polar surface area (TPSA) is 48.3 Å². The molecule has 0 N–H and O–H groups in total. The number of aldehydes is 1. The highest BCUT2D eigenvalue weighted by Gasteiger charge is 2.16. The number of fused-ring (bicyclic) bond motifs is 1. The van der Waals surface area contributed by atoms with Crippen molar-refractivity contribution >= 4 is 23.2 Å². The summed E-state index contributed by atoms with van der Waals surface area (Å²) in [5.74, 6) is -0.343. The van der Waals surface area contributed by atoms with Crippen LogP contribution in [0.2, 0.25) is 0 Å². The molecular weight excluding hydrogens is 218 g/mol. The largest absolute Gasteiger partial charge is 0.469 e. The van der Waals surface area contributed by atoms with Crippen molar-refractivity contribution in [1.29, 1.82) is 0 Å². The van der Waals surface area contributed by atoms with Gasteiger partial charge in [0, 0.05) is 18.0 Å². The fraction of sp³-hybridized carbons (Fsp3) is 0.231. The molecule has 0 aliphatic carbocycles. The SMILES string of the molecule is COC(=O)Cc1c(C=O)n(C)c2ccccc12. The van der Waals surface area contributed by atoms with Crippen molar-refractivity contribution in [3.05, 3.63) is 35.5 Å². The molecule has 0 aliphatic heterocycles. The van der Waals surface area contributed by atoms with E-state index in [1.54, 1.807) is 4.57 Å². The molecule has 0 amide bonds. The Morgan fingerprint density at radius 1 is 1.41 bits per heavy atom. The van der Waals surface area contributed by atoms with Gasteiger partial charge in [0.1, 0.15) is 0 Å². The number of methoxy groups -OCH3 is 1. The van der Waals surface area contributed by atoms with E-state index >= 15 is 0 Å². The number of benzene rings is 1. The zero-order valence-electron chi connectivity index (χ0n) is 9.77. The Balaban J connectivity index is 2.66. The summed E-state index contributed by atoms with van der Waals surface area (Å²) in [5.41, 5.74) is 2.19. The Morgan fingerprint density at radius 2 is 2.12 bits per heavy atom. The van der Waals surface area contributed by atoms with Gasteiger partial charge in [-0.2, -0.15) is 0 Å². The predicted molar refractivity (Wildman–Crippen MR) is 64.0 cm³/mol. The van der Waals surface area contributed by atoms with Crippen LogP contribution >= 0.6 is 0 Å². The highest BCUT2D eigenvalue weighted by Crippen LogP contribution is 2.24. The summed E-state index contributed by atoms with van der Waals surface area (Å²) in [6.07, 6.45) is 0.893. The summed E-state index contributed by atoms with van der Waals surface area (Å²) < 4.78 is 6.44. The van der Waals surface area contributed by atoms with Crippen molar-refractivity contribution in [3.63, 3.8) is 0 Å². The van der Waals surface area contributed by atoms with Gasteiger partial charge in [0.25, 0.3) is 0 Å². The maximum absolute atomic E-state index is 11.4. The fourth-order valence-corrected chi connectivity index (χ4v) is 2.04. The molecule has 0 bridgehead atoms. The van der Waals surface area contributed by atoms with Crippen LogP contribution in [0.3, 0.4) is 0 Å². The highest BCUT2D eigenvalue weighted by molar-refractivity contribution is 5.95. The summed E-state index contributed by atoms with van der Waals surface area (Å²) >= 11 is 0. The minimum absolute atomic E-state index is 0.117. The quantitative estimate of drug-likeness (QED) is 0.596. The van der Waals surface area contributed by atoms with E-state index in [1.165, 1.54) is 7.11 Å². The molecule has 1 aromatic carbocycles. The van der Waals surface area contributed by atoms with Crippen LogP contribution < -0.4 is 0 Å². The Kier molecular flexibility index (Phi) is 2.95. The summed E-state index contributed by atoms with van der Waals surface area (Å²) in [7, 11) is 3.15. The average molecular weight is 231 g/mol. The van der Waals surface area contributed by atoms with E-state index in [1.807, 2.05) is 31.3 Å². The first-order valence-electron chi connectivity index (χ1n) is 5.27. The van der Waals surface area contributed by atoms with Crippen molar-refractivity contribution < 1.29 is 14.3 Å². The molecule has 0 saturated carbocycles. The lowest BCUT2D eigenvalue weighted by molar-refractivity contribution is -0.139. The first kappa shape index (κ1) is 11.4. The van der Waals surface area contributed by atoms with Crippen LogP contribution in [0, 0.1) is 0 Å². The second kappa shape index (κ2) is 4.41. The van der Waals surface area contributed by atoms with Crippen molar-refractivity contribution in [2.45, 2.75) is 6.42 Å². The normalized spacial score (nSPS) is 10.5. The van der Waals surface area contributed by atoms with Gasteiger partial charge in [-0.15, -0.1) is 0 Å². The number of hydrogen-bond donors (Lipinski definition) is 0. The van der Waals surface area contributed by atoms with Gasteiger partial charge in [-0.25, -0.2) is 0 Å². The van der Waals surface area contributed by atoms with E-state index in [0.29, 0.717) is 5.69 Å². The van der Waals surface area contributed by atoms with Crippen LogP contribution in [0.4, 0.5) is 0 Å². The molecule has 0 saturated heterocycles. The fourth-order valence-electron chi connectivity index (χ4n) is 2.04. The Labute approximate surface area is 98.8 Å². The van der Waals surface area contributed by atoms with Gasteiger partial charge in [0.2, 0.25) is 0 Å². The smallest absolute Gasteiger partial charge is 0.310 e. The van der Waals surface area contributed by atoms with Gasteiger partial charge in [0.15, 0.2) is 6.29 Å². The molecule has 0 unspecified atom stereocenters. The Morgan fingerprint density at radius 3 is 2.76 bits per heavy atom. The standard InChI is InChI=1S/C13H13NO3/c1-14-11-6-4-3-5-9(11)10(12(14)8-15)7-13(16)17-2/h3-6,8H,7H2,1-2H3. The van der Waals surface area contributed by atoms with E-state index in [9.17, 15) is 9.59 Å². The van der Waals surface area contributed by atoms with E-state index in [0.717, 1.165) is 22.8 Å². The number of rotatable bonds is 3. The zero-order chi connectivity index (χ0) is 12.4. The summed E-state index contributed by atoms with van der Waals surface area (Å²) in [4.78, 5) is 22.5. The van der Waals surface area contributed by atoms with Crippen LogP contribution in [0.5, 0.6) is 0 Å². The minimum Gasteiger partial charge on any atom is -0.469 e. The molecule has 17 heavy (non-hydrogen) atoms. The van der Waals surface area contributed by atoms with Crippen LogP contribution in [0.25, 0.3) is 10.9 Å². The van der Waals surface area contributed by atoms with Crippen molar-refractivity contribution in [2.75, 3.05) is 7.11 Å². The lowest BCUT2D eigenvalue weighted by Crippen LogP contribution is -2.07.